The molecule has 98 valence electrons. The van der Waals surface area contributed by atoms with E-state index in [1.807, 2.05) is 19.1 Å². The smallest absolute Gasteiger partial charge is 0.253 e. The van der Waals surface area contributed by atoms with E-state index in [1.165, 1.54) is 0 Å². The first kappa shape index (κ1) is 15.4. The van der Waals surface area contributed by atoms with Gasteiger partial charge in [-0.1, -0.05) is 0 Å². The van der Waals surface area contributed by atoms with Gasteiger partial charge in [0.05, 0.1) is 5.56 Å². The summed E-state index contributed by atoms with van der Waals surface area (Å²) < 4.78 is 1.68. The Balaban J connectivity index is 2.76. The molecule has 2 N–H and O–H groups in total. The lowest BCUT2D eigenvalue weighted by Gasteiger charge is -2.14. The summed E-state index contributed by atoms with van der Waals surface area (Å²) in [5.41, 5.74) is 0.526. The summed E-state index contributed by atoms with van der Waals surface area (Å²) in [5.74, 6) is -0.452. The molecule has 0 aromatic heterocycles. The molecule has 1 atom stereocenters. The topological polar surface area (TPSA) is 58.2 Å². The first-order valence-electron chi connectivity index (χ1n) is 5.49. The van der Waals surface area contributed by atoms with Gasteiger partial charge in [0.25, 0.3) is 5.91 Å². The van der Waals surface area contributed by atoms with Crippen LogP contribution in [0.5, 0.6) is 0 Å². The van der Waals surface area contributed by atoms with Gasteiger partial charge < -0.3 is 10.6 Å². The Labute approximate surface area is 128 Å². The highest BCUT2D eigenvalue weighted by atomic mass is 127. The van der Waals surface area contributed by atoms with E-state index in [4.69, 9.17) is 0 Å². The van der Waals surface area contributed by atoms with Crippen molar-refractivity contribution in [2.45, 2.75) is 19.9 Å². The van der Waals surface area contributed by atoms with Crippen molar-refractivity contribution in [1.82, 2.24) is 10.6 Å². The molecule has 1 rings (SSSR count). The Kier molecular flexibility index (Phi) is 6.07. The van der Waals surface area contributed by atoms with E-state index in [0.29, 0.717) is 16.6 Å². The summed E-state index contributed by atoms with van der Waals surface area (Å²) in [6, 6.07) is 4.93. The lowest BCUT2D eigenvalue weighted by atomic mass is 10.2. The number of nitrogens with one attached hydrogen (secondary N) is 2. The lowest BCUT2D eigenvalue weighted by Crippen LogP contribution is -2.44. The molecule has 0 aliphatic rings. The number of likely N-dealkylation sites (N-methyl/N-ethyl adjacent to an activating group) is 1. The van der Waals surface area contributed by atoms with E-state index in [-0.39, 0.29) is 11.8 Å². The monoisotopic (exact) mass is 424 g/mol. The normalized spacial score (nSPS) is 11.8. The van der Waals surface area contributed by atoms with Gasteiger partial charge in [0.2, 0.25) is 5.91 Å². The minimum absolute atomic E-state index is 0.187. The number of carbonyl (C=O) groups excluding carboxylic acids is 2. The first-order chi connectivity index (χ1) is 8.45. The Morgan fingerprint density at radius 1 is 1.44 bits per heavy atom. The van der Waals surface area contributed by atoms with E-state index < -0.39 is 6.04 Å². The minimum Gasteiger partial charge on any atom is -0.355 e. The number of rotatable bonds is 4. The third-order valence-corrected chi connectivity index (χ3v) is 3.63. The molecule has 0 radical (unpaired) electrons. The summed E-state index contributed by atoms with van der Waals surface area (Å²) in [6.45, 7) is 4.04. The summed E-state index contributed by atoms with van der Waals surface area (Å²) in [7, 11) is 0. The van der Waals surface area contributed by atoms with Crippen LogP contribution in [0, 0.1) is 3.57 Å². The van der Waals surface area contributed by atoms with Crippen LogP contribution in [0.15, 0.2) is 22.7 Å². The second-order valence-corrected chi connectivity index (χ2v) is 5.81. The van der Waals surface area contributed by atoms with Crippen molar-refractivity contribution >= 4 is 50.3 Å². The summed E-state index contributed by atoms with van der Waals surface area (Å²) >= 11 is 5.46. The Hall–Kier alpha value is -0.630. The van der Waals surface area contributed by atoms with Gasteiger partial charge in [0.15, 0.2) is 0 Å². The Bertz CT molecular complexity index is 465. The molecular weight excluding hydrogens is 411 g/mol. The minimum atomic E-state index is -0.554. The van der Waals surface area contributed by atoms with Crippen molar-refractivity contribution in [2.75, 3.05) is 6.54 Å². The van der Waals surface area contributed by atoms with Crippen LogP contribution in [0.2, 0.25) is 0 Å². The second kappa shape index (κ2) is 7.08. The number of hydrogen-bond acceptors (Lipinski definition) is 2. The zero-order valence-electron chi connectivity index (χ0n) is 10.1. The van der Waals surface area contributed by atoms with Crippen molar-refractivity contribution in [2.24, 2.45) is 0 Å². The van der Waals surface area contributed by atoms with Crippen LogP contribution in [0.3, 0.4) is 0 Å². The average molecular weight is 425 g/mol. The van der Waals surface area contributed by atoms with Crippen LogP contribution < -0.4 is 10.6 Å². The number of benzene rings is 1. The predicted molar refractivity (Wildman–Crippen MR) is 82.5 cm³/mol. The van der Waals surface area contributed by atoms with Crippen molar-refractivity contribution < 1.29 is 9.59 Å². The standard InChI is InChI=1S/C12H14BrIN2O2/c1-3-15-11(17)7(2)16-12(18)9-6-8(14)4-5-10(9)13/h4-7H,3H2,1-2H3,(H,15,17)(H,16,18). The van der Waals surface area contributed by atoms with Crippen LogP contribution in [0.25, 0.3) is 0 Å². The van der Waals surface area contributed by atoms with E-state index >= 15 is 0 Å². The molecule has 6 heteroatoms. The SMILES string of the molecule is CCNC(=O)C(C)NC(=O)c1cc(I)ccc1Br. The highest BCUT2D eigenvalue weighted by Gasteiger charge is 2.17. The van der Waals surface area contributed by atoms with E-state index in [0.717, 1.165) is 3.57 Å². The molecule has 1 unspecified atom stereocenters. The maximum absolute atomic E-state index is 12.0. The van der Waals surface area contributed by atoms with Crippen molar-refractivity contribution in [3.8, 4) is 0 Å². The molecule has 0 bridgehead atoms. The van der Waals surface area contributed by atoms with Gasteiger partial charge in [-0.15, -0.1) is 0 Å². The fourth-order valence-electron chi connectivity index (χ4n) is 1.34. The molecule has 0 spiro atoms. The molecule has 0 fully saturated rings. The second-order valence-electron chi connectivity index (χ2n) is 3.71. The van der Waals surface area contributed by atoms with Gasteiger partial charge in [-0.2, -0.15) is 0 Å². The summed E-state index contributed by atoms with van der Waals surface area (Å²) in [6.07, 6.45) is 0. The van der Waals surface area contributed by atoms with Crippen LogP contribution in [0.4, 0.5) is 0 Å². The third-order valence-electron chi connectivity index (χ3n) is 2.26. The van der Waals surface area contributed by atoms with Crippen molar-refractivity contribution in [3.63, 3.8) is 0 Å². The molecular formula is C12H14BrIN2O2. The Morgan fingerprint density at radius 2 is 2.11 bits per heavy atom. The van der Waals surface area contributed by atoms with Gasteiger partial charge in [-0.3, -0.25) is 9.59 Å². The molecule has 0 aliphatic heterocycles. The van der Waals surface area contributed by atoms with Gasteiger partial charge in [0.1, 0.15) is 6.04 Å². The molecule has 0 saturated heterocycles. The van der Waals surface area contributed by atoms with Gasteiger partial charge in [0, 0.05) is 14.6 Å². The Morgan fingerprint density at radius 3 is 2.72 bits per heavy atom. The maximum atomic E-state index is 12.0. The van der Waals surface area contributed by atoms with E-state index in [9.17, 15) is 9.59 Å². The molecule has 18 heavy (non-hydrogen) atoms. The van der Waals surface area contributed by atoms with Gasteiger partial charge in [-0.05, 0) is 70.6 Å². The quantitative estimate of drug-likeness (QED) is 0.728. The first-order valence-corrected chi connectivity index (χ1v) is 7.36. The van der Waals surface area contributed by atoms with Crippen LogP contribution in [-0.2, 0) is 4.79 Å². The molecule has 2 amide bonds. The van der Waals surface area contributed by atoms with Crippen molar-refractivity contribution in [3.05, 3.63) is 31.8 Å². The van der Waals surface area contributed by atoms with Crippen molar-refractivity contribution in [1.29, 1.82) is 0 Å². The molecule has 0 heterocycles. The molecule has 0 saturated carbocycles. The number of halogens is 2. The molecule has 4 nitrogen and oxygen atoms in total. The highest BCUT2D eigenvalue weighted by Crippen LogP contribution is 2.19. The van der Waals surface area contributed by atoms with Gasteiger partial charge >= 0.3 is 0 Å². The zero-order valence-corrected chi connectivity index (χ0v) is 13.8. The fourth-order valence-corrected chi connectivity index (χ4v) is 2.26. The molecule has 1 aromatic carbocycles. The van der Waals surface area contributed by atoms with Crippen LogP contribution in [-0.4, -0.2) is 24.4 Å². The van der Waals surface area contributed by atoms with Gasteiger partial charge in [-0.25, -0.2) is 0 Å². The number of hydrogen-bond donors (Lipinski definition) is 2. The summed E-state index contributed by atoms with van der Waals surface area (Å²) in [4.78, 5) is 23.5. The lowest BCUT2D eigenvalue weighted by molar-refractivity contribution is -0.122. The predicted octanol–water partition coefficient (Wildman–Crippen LogP) is 2.31. The van der Waals surface area contributed by atoms with Crippen LogP contribution >= 0.6 is 38.5 Å². The van der Waals surface area contributed by atoms with E-state index in [2.05, 4.69) is 49.2 Å². The van der Waals surface area contributed by atoms with E-state index in [1.54, 1.807) is 13.0 Å². The number of carbonyl (C=O) groups is 2. The third kappa shape index (κ3) is 4.24. The largest absolute Gasteiger partial charge is 0.355 e. The zero-order chi connectivity index (χ0) is 13.7. The fraction of sp³-hybridized carbons (Fsp3) is 0.333. The highest BCUT2D eigenvalue weighted by molar-refractivity contribution is 14.1. The number of amides is 2. The summed E-state index contributed by atoms with van der Waals surface area (Å²) in [5, 5.41) is 5.33. The van der Waals surface area contributed by atoms with Crippen LogP contribution in [0.1, 0.15) is 24.2 Å². The maximum Gasteiger partial charge on any atom is 0.253 e. The molecule has 0 aliphatic carbocycles. The molecule has 1 aromatic rings. The average Bonchev–Trinajstić information content (AvgIpc) is 2.32.